The van der Waals surface area contributed by atoms with Crippen molar-refractivity contribution < 1.29 is 9.15 Å². The molecule has 0 fully saturated rings. The topological polar surface area (TPSA) is 60.4 Å². The Bertz CT molecular complexity index is 576. The molecular weight excluding hydrogens is 240 g/mol. The summed E-state index contributed by atoms with van der Waals surface area (Å²) in [5, 5.41) is 3.39. The zero-order chi connectivity index (χ0) is 14.0. The first-order valence-corrected chi connectivity index (χ1v) is 6.29. The van der Waals surface area contributed by atoms with Gasteiger partial charge in [0.15, 0.2) is 0 Å². The molecule has 0 aliphatic rings. The van der Waals surface area contributed by atoms with Crippen LogP contribution in [-0.4, -0.2) is 7.11 Å². The van der Waals surface area contributed by atoms with Crippen LogP contribution in [0.3, 0.4) is 0 Å². The van der Waals surface area contributed by atoms with E-state index in [0.29, 0.717) is 11.4 Å². The van der Waals surface area contributed by atoms with Gasteiger partial charge in [-0.25, -0.2) is 0 Å². The summed E-state index contributed by atoms with van der Waals surface area (Å²) in [6, 6.07) is 7.86. The molecule has 1 atom stereocenters. The number of para-hydroxylation sites is 1. The molecule has 0 radical (unpaired) electrons. The second-order valence-corrected chi connectivity index (χ2v) is 4.66. The van der Waals surface area contributed by atoms with Gasteiger partial charge >= 0.3 is 0 Å². The zero-order valence-corrected chi connectivity index (χ0v) is 11.8. The van der Waals surface area contributed by atoms with E-state index in [4.69, 9.17) is 14.9 Å². The highest BCUT2D eigenvalue weighted by atomic mass is 16.5. The number of benzene rings is 1. The minimum atomic E-state index is 0.117. The molecule has 4 heteroatoms. The number of nitrogen functional groups attached to an aromatic ring is 1. The molecule has 1 heterocycles. The van der Waals surface area contributed by atoms with E-state index in [1.807, 2.05) is 38.1 Å². The molecule has 4 nitrogen and oxygen atoms in total. The second-order valence-electron chi connectivity index (χ2n) is 4.66. The normalized spacial score (nSPS) is 12.2. The molecule has 1 aromatic heterocycles. The Labute approximate surface area is 113 Å². The van der Waals surface area contributed by atoms with Gasteiger partial charge in [0, 0.05) is 5.56 Å². The van der Waals surface area contributed by atoms with Crippen LogP contribution in [0.2, 0.25) is 0 Å². The van der Waals surface area contributed by atoms with E-state index >= 15 is 0 Å². The van der Waals surface area contributed by atoms with E-state index in [2.05, 4.69) is 12.2 Å². The van der Waals surface area contributed by atoms with E-state index in [1.54, 1.807) is 7.11 Å². The van der Waals surface area contributed by atoms with Gasteiger partial charge in [-0.1, -0.05) is 6.07 Å². The lowest BCUT2D eigenvalue weighted by molar-refractivity contribution is 0.417. The SMILES string of the molecule is COc1cccc(NC(C)c2cc(C)oc2C)c1N. The Balaban J connectivity index is 2.24. The smallest absolute Gasteiger partial charge is 0.143 e. The van der Waals surface area contributed by atoms with Crippen molar-refractivity contribution in [3.05, 3.63) is 41.3 Å². The molecule has 0 spiro atoms. The number of rotatable bonds is 4. The molecule has 0 bridgehead atoms. The molecule has 0 aliphatic heterocycles. The monoisotopic (exact) mass is 260 g/mol. The third-order valence-electron chi connectivity index (χ3n) is 3.20. The molecule has 2 rings (SSSR count). The first kappa shape index (κ1) is 13.3. The summed E-state index contributed by atoms with van der Waals surface area (Å²) in [7, 11) is 1.61. The number of nitrogens with one attached hydrogen (secondary N) is 1. The van der Waals surface area contributed by atoms with Crippen molar-refractivity contribution in [2.75, 3.05) is 18.2 Å². The molecule has 0 aliphatic carbocycles. The Morgan fingerprint density at radius 2 is 2.05 bits per heavy atom. The number of ether oxygens (including phenoxy) is 1. The summed E-state index contributed by atoms with van der Waals surface area (Å²) < 4.78 is 10.8. The zero-order valence-electron chi connectivity index (χ0n) is 11.8. The summed E-state index contributed by atoms with van der Waals surface area (Å²) in [5.41, 5.74) is 8.68. The van der Waals surface area contributed by atoms with Crippen LogP contribution in [0, 0.1) is 13.8 Å². The van der Waals surface area contributed by atoms with Crippen LogP contribution >= 0.6 is 0 Å². The van der Waals surface area contributed by atoms with E-state index in [1.165, 1.54) is 0 Å². The Hall–Kier alpha value is -2.10. The van der Waals surface area contributed by atoms with Gasteiger partial charge in [0.05, 0.1) is 24.5 Å². The molecule has 19 heavy (non-hydrogen) atoms. The molecule has 0 saturated carbocycles. The van der Waals surface area contributed by atoms with Gasteiger partial charge in [-0.05, 0) is 39.0 Å². The number of anilines is 2. The number of hydrogen-bond acceptors (Lipinski definition) is 4. The number of hydrogen-bond donors (Lipinski definition) is 2. The standard InChI is InChI=1S/C15H20N2O2/c1-9-8-12(11(3)19-9)10(2)17-13-6-5-7-14(18-4)15(13)16/h5-8,10,17H,16H2,1-4H3. The van der Waals surface area contributed by atoms with Gasteiger partial charge in [0.1, 0.15) is 17.3 Å². The maximum Gasteiger partial charge on any atom is 0.143 e. The van der Waals surface area contributed by atoms with Gasteiger partial charge in [0.25, 0.3) is 0 Å². The first-order chi connectivity index (χ1) is 9.02. The number of furan rings is 1. The van der Waals surface area contributed by atoms with Crippen molar-refractivity contribution in [2.45, 2.75) is 26.8 Å². The summed E-state index contributed by atoms with van der Waals surface area (Å²) in [6.45, 7) is 5.99. The van der Waals surface area contributed by atoms with Crippen LogP contribution in [0.5, 0.6) is 5.75 Å². The molecule has 102 valence electrons. The molecule has 2 aromatic rings. The fourth-order valence-corrected chi connectivity index (χ4v) is 2.24. The van der Waals surface area contributed by atoms with Crippen molar-refractivity contribution in [3.8, 4) is 5.75 Å². The van der Waals surface area contributed by atoms with Crippen LogP contribution in [0.25, 0.3) is 0 Å². The predicted molar refractivity (Wildman–Crippen MR) is 77.6 cm³/mol. The highest BCUT2D eigenvalue weighted by Crippen LogP contribution is 2.32. The quantitative estimate of drug-likeness (QED) is 0.824. The maximum absolute atomic E-state index is 6.05. The molecule has 1 unspecified atom stereocenters. The van der Waals surface area contributed by atoms with E-state index in [0.717, 1.165) is 22.8 Å². The lowest BCUT2D eigenvalue weighted by Crippen LogP contribution is -2.09. The molecular formula is C15H20N2O2. The van der Waals surface area contributed by atoms with Gasteiger partial charge in [-0.3, -0.25) is 0 Å². The molecule has 3 N–H and O–H groups in total. The lowest BCUT2D eigenvalue weighted by atomic mass is 10.1. The predicted octanol–water partition coefficient (Wildman–Crippen LogP) is 3.66. The largest absolute Gasteiger partial charge is 0.495 e. The third-order valence-corrected chi connectivity index (χ3v) is 3.20. The average Bonchev–Trinajstić information content (AvgIpc) is 2.71. The lowest BCUT2D eigenvalue weighted by Gasteiger charge is -2.17. The molecule has 0 amide bonds. The highest BCUT2D eigenvalue weighted by Gasteiger charge is 2.14. The highest BCUT2D eigenvalue weighted by molar-refractivity contribution is 5.73. The summed E-state index contributed by atoms with van der Waals surface area (Å²) in [6.07, 6.45) is 0. The Morgan fingerprint density at radius 3 is 2.63 bits per heavy atom. The first-order valence-electron chi connectivity index (χ1n) is 6.29. The van der Waals surface area contributed by atoms with Crippen molar-refractivity contribution in [1.82, 2.24) is 0 Å². The fourth-order valence-electron chi connectivity index (χ4n) is 2.24. The van der Waals surface area contributed by atoms with Gasteiger partial charge in [-0.2, -0.15) is 0 Å². The van der Waals surface area contributed by atoms with Crippen LogP contribution in [-0.2, 0) is 0 Å². The van der Waals surface area contributed by atoms with Crippen LogP contribution in [0.15, 0.2) is 28.7 Å². The van der Waals surface area contributed by atoms with E-state index < -0.39 is 0 Å². The van der Waals surface area contributed by atoms with Gasteiger partial charge in [0.2, 0.25) is 0 Å². The van der Waals surface area contributed by atoms with Gasteiger partial charge < -0.3 is 20.2 Å². The Morgan fingerprint density at radius 1 is 1.32 bits per heavy atom. The maximum atomic E-state index is 6.05. The molecule has 1 aromatic carbocycles. The number of nitrogens with two attached hydrogens (primary N) is 1. The van der Waals surface area contributed by atoms with Crippen molar-refractivity contribution in [2.24, 2.45) is 0 Å². The number of methoxy groups -OCH3 is 1. The fraction of sp³-hybridized carbons (Fsp3) is 0.333. The second kappa shape index (κ2) is 5.26. The van der Waals surface area contributed by atoms with E-state index in [-0.39, 0.29) is 6.04 Å². The van der Waals surface area contributed by atoms with Crippen molar-refractivity contribution in [1.29, 1.82) is 0 Å². The Kier molecular flexibility index (Phi) is 3.69. The average molecular weight is 260 g/mol. The van der Waals surface area contributed by atoms with Crippen LogP contribution < -0.4 is 15.8 Å². The summed E-state index contributed by atoms with van der Waals surface area (Å²) in [5.74, 6) is 2.52. The third kappa shape index (κ3) is 2.67. The summed E-state index contributed by atoms with van der Waals surface area (Å²) >= 11 is 0. The van der Waals surface area contributed by atoms with Crippen LogP contribution in [0.4, 0.5) is 11.4 Å². The van der Waals surface area contributed by atoms with Crippen molar-refractivity contribution in [3.63, 3.8) is 0 Å². The van der Waals surface area contributed by atoms with Gasteiger partial charge in [-0.15, -0.1) is 0 Å². The van der Waals surface area contributed by atoms with Crippen molar-refractivity contribution >= 4 is 11.4 Å². The minimum absolute atomic E-state index is 0.117. The molecule has 0 saturated heterocycles. The van der Waals surface area contributed by atoms with Crippen LogP contribution in [0.1, 0.15) is 30.0 Å². The minimum Gasteiger partial charge on any atom is -0.495 e. The number of aryl methyl sites for hydroxylation is 2. The van der Waals surface area contributed by atoms with E-state index in [9.17, 15) is 0 Å². The summed E-state index contributed by atoms with van der Waals surface area (Å²) in [4.78, 5) is 0.